The molecule has 1 aliphatic heterocycles. The summed E-state index contributed by atoms with van der Waals surface area (Å²) in [5.41, 5.74) is 0. The second-order valence-electron chi connectivity index (χ2n) is 3.98. The molecular weight excluding hydrogens is 182 g/mol. The van der Waals surface area contributed by atoms with Gasteiger partial charge >= 0.3 is 5.97 Å². The van der Waals surface area contributed by atoms with E-state index in [9.17, 15) is 9.59 Å². The molecule has 0 aliphatic carbocycles. The van der Waals surface area contributed by atoms with Crippen LogP contribution in [0.15, 0.2) is 0 Å². The summed E-state index contributed by atoms with van der Waals surface area (Å²) in [4.78, 5) is 23.4. The molecule has 1 rings (SSSR count). The Hall–Kier alpha value is -1.06. The highest BCUT2D eigenvalue weighted by atomic mass is 16.4. The zero-order chi connectivity index (χ0) is 10.6. The highest BCUT2D eigenvalue weighted by Gasteiger charge is 2.21. The van der Waals surface area contributed by atoms with E-state index >= 15 is 0 Å². The van der Waals surface area contributed by atoms with Gasteiger partial charge in [-0.2, -0.15) is 0 Å². The van der Waals surface area contributed by atoms with Gasteiger partial charge < -0.3 is 10.0 Å². The normalized spacial score (nSPS) is 18.6. The third-order valence-corrected chi connectivity index (χ3v) is 2.55. The fourth-order valence-electron chi connectivity index (χ4n) is 1.73. The van der Waals surface area contributed by atoms with Gasteiger partial charge in [0.1, 0.15) is 0 Å². The standard InChI is InChI=1S/C10H17NO3/c1-8(4-5-10(13)14)7-11-6-2-3-9(11)12/h8H,2-7H2,1H3,(H,13,14). The number of likely N-dealkylation sites (tertiary alicyclic amines) is 1. The molecule has 1 amide bonds. The van der Waals surface area contributed by atoms with Gasteiger partial charge in [-0.1, -0.05) is 6.92 Å². The van der Waals surface area contributed by atoms with Crippen LogP contribution >= 0.6 is 0 Å². The van der Waals surface area contributed by atoms with Crippen LogP contribution in [0.1, 0.15) is 32.6 Å². The van der Waals surface area contributed by atoms with Crippen LogP contribution in [0.5, 0.6) is 0 Å². The molecule has 80 valence electrons. The van der Waals surface area contributed by atoms with Crippen molar-refractivity contribution in [3.05, 3.63) is 0 Å². The van der Waals surface area contributed by atoms with Crippen LogP contribution in [-0.2, 0) is 9.59 Å². The lowest BCUT2D eigenvalue weighted by Crippen LogP contribution is -2.29. The second kappa shape index (κ2) is 4.98. The van der Waals surface area contributed by atoms with E-state index in [0.717, 1.165) is 13.0 Å². The van der Waals surface area contributed by atoms with E-state index in [2.05, 4.69) is 0 Å². The van der Waals surface area contributed by atoms with E-state index in [-0.39, 0.29) is 18.2 Å². The van der Waals surface area contributed by atoms with Crippen molar-refractivity contribution in [3.8, 4) is 0 Å². The number of carboxylic acid groups (broad SMARTS) is 1. The lowest BCUT2D eigenvalue weighted by molar-refractivity contribution is -0.137. The molecule has 1 N–H and O–H groups in total. The van der Waals surface area contributed by atoms with Crippen molar-refractivity contribution >= 4 is 11.9 Å². The fourth-order valence-corrected chi connectivity index (χ4v) is 1.73. The fraction of sp³-hybridized carbons (Fsp3) is 0.800. The van der Waals surface area contributed by atoms with E-state index in [1.165, 1.54) is 0 Å². The lowest BCUT2D eigenvalue weighted by atomic mass is 10.1. The first-order valence-corrected chi connectivity index (χ1v) is 5.09. The van der Waals surface area contributed by atoms with E-state index in [4.69, 9.17) is 5.11 Å². The molecular formula is C10H17NO3. The van der Waals surface area contributed by atoms with Crippen molar-refractivity contribution in [2.24, 2.45) is 5.92 Å². The minimum absolute atomic E-state index is 0.198. The van der Waals surface area contributed by atoms with Crippen LogP contribution in [-0.4, -0.2) is 35.0 Å². The van der Waals surface area contributed by atoms with Crippen LogP contribution in [0.4, 0.5) is 0 Å². The van der Waals surface area contributed by atoms with E-state index in [0.29, 0.717) is 19.4 Å². The third-order valence-electron chi connectivity index (χ3n) is 2.55. The number of carbonyl (C=O) groups excluding carboxylic acids is 1. The molecule has 0 aromatic carbocycles. The predicted molar refractivity (Wildman–Crippen MR) is 51.8 cm³/mol. The molecule has 1 fully saturated rings. The summed E-state index contributed by atoms with van der Waals surface area (Å²) < 4.78 is 0. The van der Waals surface area contributed by atoms with E-state index in [1.54, 1.807) is 0 Å². The number of nitrogens with zero attached hydrogens (tertiary/aromatic N) is 1. The molecule has 1 aliphatic rings. The summed E-state index contributed by atoms with van der Waals surface area (Å²) >= 11 is 0. The Morgan fingerprint density at radius 1 is 1.64 bits per heavy atom. The SMILES string of the molecule is CC(CCC(=O)O)CN1CCCC1=O. The minimum Gasteiger partial charge on any atom is -0.481 e. The van der Waals surface area contributed by atoms with E-state index in [1.807, 2.05) is 11.8 Å². The van der Waals surface area contributed by atoms with Gasteiger partial charge in [-0.15, -0.1) is 0 Å². The smallest absolute Gasteiger partial charge is 0.303 e. The summed E-state index contributed by atoms with van der Waals surface area (Å²) in [6.07, 6.45) is 2.46. The van der Waals surface area contributed by atoms with Crippen LogP contribution in [0.3, 0.4) is 0 Å². The maximum atomic E-state index is 11.3. The van der Waals surface area contributed by atoms with Gasteiger partial charge in [-0.05, 0) is 18.8 Å². The number of amides is 1. The number of carboxylic acids is 1. The molecule has 0 spiro atoms. The quantitative estimate of drug-likeness (QED) is 0.721. The van der Waals surface area contributed by atoms with Gasteiger partial charge in [-0.3, -0.25) is 9.59 Å². The van der Waals surface area contributed by atoms with Crippen molar-refractivity contribution in [2.45, 2.75) is 32.6 Å². The van der Waals surface area contributed by atoms with Gasteiger partial charge in [0.2, 0.25) is 5.91 Å². The lowest BCUT2D eigenvalue weighted by Gasteiger charge is -2.19. The number of carbonyl (C=O) groups is 2. The summed E-state index contributed by atoms with van der Waals surface area (Å²) in [5.74, 6) is -0.259. The zero-order valence-electron chi connectivity index (χ0n) is 8.53. The average Bonchev–Trinajstić information content (AvgIpc) is 2.49. The summed E-state index contributed by atoms with van der Waals surface area (Å²) in [7, 11) is 0. The predicted octanol–water partition coefficient (Wildman–Crippen LogP) is 1.11. The van der Waals surface area contributed by atoms with Gasteiger partial charge in [0, 0.05) is 25.9 Å². The Balaban J connectivity index is 2.22. The number of rotatable bonds is 5. The number of hydrogen-bond donors (Lipinski definition) is 1. The van der Waals surface area contributed by atoms with Gasteiger partial charge in [-0.25, -0.2) is 0 Å². The first-order valence-electron chi connectivity index (χ1n) is 5.09. The topological polar surface area (TPSA) is 57.6 Å². The highest BCUT2D eigenvalue weighted by Crippen LogP contribution is 2.14. The first-order chi connectivity index (χ1) is 6.59. The number of aliphatic carboxylic acids is 1. The number of hydrogen-bond acceptors (Lipinski definition) is 2. The molecule has 0 radical (unpaired) electrons. The summed E-state index contributed by atoms with van der Waals surface area (Å²) in [6, 6.07) is 0. The molecule has 0 bridgehead atoms. The maximum Gasteiger partial charge on any atom is 0.303 e. The molecule has 0 aromatic heterocycles. The van der Waals surface area contributed by atoms with Crippen molar-refractivity contribution < 1.29 is 14.7 Å². The molecule has 4 heteroatoms. The Kier molecular flexibility index (Phi) is 3.92. The monoisotopic (exact) mass is 199 g/mol. The van der Waals surface area contributed by atoms with Crippen LogP contribution in [0.2, 0.25) is 0 Å². The second-order valence-corrected chi connectivity index (χ2v) is 3.98. The van der Waals surface area contributed by atoms with Crippen molar-refractivity contribution in [2.75, 3.05) is 13.1 Å². The minimum atomic E-state index is -0.760. The van der Waals surface area contributed by atoms with E-state index < -0.39 is 5.97 Å². The molecule has 0 aromatic rings. The third kappa shape index (κ3) is 3.36. The Morgan fingerprint density at radius 2 is 2.36 bits per heavy atom. The Morgan fingerprint density at radius 3 is 2.86 bits per heavy atom. The summed E-state index contributed by atoms with van der Waals surface area (Å²) in [6.45, 7) is 3.55. The van der Waals surface area contributed by atoms with Gasteiger partial charge in [0.15, 0.2) is 0 Å². The Bertz CT molecular complexity index is 227. The highest BCUT2D eigenvalue weighted by molar-refractivity contribution is 5.78. The molecule has 0 saturated carbocycles. The van der Waals surface area contributed by atoms with Crippen LogP contribution in [0.25, 0.3) is 0 Å². The summed E-state index contributed by atoms with van der Waals surface area (Å²) in [5, 5.41) is 8.49. The molecule has 1 heterocycles. The molecule has 1 atom stereocenters. The van der Waals surface area contributed by atoms with Crippen molar-refractivity contribution in [1.29, 1.82) is 0 Å². The van der Waals surface area contributed by atoms with Crippen molar-refractivity contribution in [3.63, 3.8) is 0 Å². The average molecular weight is 199 g/mol. The Labute approximate surface area is 83.9 Å². The van der Waals surface area contributed by atoms with Gasteiger partial charge in [0.05, 0.1) is 0 Å². The maximum absolute atomic E-state index is 11.3. The largest absolute Gasteiger partial charge is 0.481 e. The van der Waals surface area contributed by atoms with Crippen LogP contribution in [0, 0.1) is 5.92 Å². The zero-order valence-corrected chi connectivity index (χ0v) is 8.53. The van der Waals surface area contributed by atoms with Crippen molar-refractivity contribution in [1.82, 2.24) is 4.90 Å². The molecule has 14 heavy (non-hydrogen) atoms. The molecule has 4 nitrogen and oxygen atoms in total. The molecule has 1 saturated heterocycles. The van der Waals surface area contributed by atoms with Gasteiger partial charge in [0.25, 0.3) is 0 Å². The van der Waals surface area contributed by atoms with Crippen LogP contribution < -0.4 is 0 Å². The molecule has 1 unspecified atom stereocenters. The first kappa shape index (κ1) is 11.0.